The molecule has 5 rings (SSSR count). The van der Waals surface area contributed by atoms with Crippen LogP contribution in [0.25, 0.3) is 11.1 Å². The van der Waals surface area contributed by atoms with Gasteiger partial charge in [-0.3, -0.25) is 27.4 Å². The molecule has 0 bridgehead atoms. The largest absolute Gasteiger partial charge is 0.340 e. The van der Waals surface area contributed by atoms with Gasteiger partial charge in [0.2, 0.25) is 5.91 Å². The molecule has 0 radical (unpaired) electrons. The van der Waals surface area contributed by atoms with Crippen molar-refractivity contribution in [1.29, 1.82) is 5.26 Å². The fourth-order valence-corrected chi connectivity index (χ4v) is 6.44. The molecule has 2 aliphatic heterocycles. The minimum absolute atomic E-state index is 0.0814. The van der Waals surface area contributed by atoms with Gasteiger partial charge in [0.15, 0.2) is 0 Å². The molecule has 3 aliphatic rings. The standard InChI is InChI=1S/C25H29F2N5O3S/c1-17(33)31-9-7-30(8-10-31)15-18-3-4-20(14-28)22(11-18)19-5-6-23-24(12-19)29(2)36(34,35)32(23)16-21-13-25(21,26)27/h3-6,11-12,21,34-35H,7-10,13,15-16H2,1-2H3. The highest BCUT2D eigenvalue weighted by Crippen LogP contribution is 2.63. The zero-order chi connectivity index (χ0) is 25.8. The van der Waals surface area contributed by atoms with E-state index >= 15 is 0 Å². The SMILES string of the molecule is CC(=O)N1CCN(Cc2ccc(C#N)c(-c3ccc4c(c3)N(C)S(O)(O)N4CC3CC3(F)F)c2)CC1. The van der Waals surface area contributed by atoms with Crippen LogP contribution in [0.5, 0.6) is 0 Å². The number of fused-ring (bicyclic) bond motifs is 1. The Balaban J connectivity index is 1.41. The van der Waals surface area contributed by atoms with Gasteiger partial charge in [-0.2, -0.15) is 5.26 Å². The maximum Gasteiger partial charge on any atom is 0.253 e. The normalized spacial score (nSPS) is 23.2. The third-order valence-corrected chi connectivity index (χ3v) is 9.20. The fourth-order valence-electron chi connectivity index (χ4n) is 4.94. The lowest BCUT2D eigenvalue weighted by molar-refractivity contribution is -0.130. The summed E-state index contributed by atoms with van der Waals surface area (Å²) in [6, 6.07) is 13.2. The number of amides is 1. The summed E-state index contributed by atoms with van der Waals surface area (Å²) < 4.78 is 51.3. The molecule has 1 saturated carbocycles. The van der Waals surface area contributed by atoms with E-state index in [-0.39, 0.29) is 18.9 Å². The molecule has 2 heterocycles. The topological polar surface area (TPSA) is 94.3 Å². The van der Waals surface area contributed by atoms with Crippen molar-refractivity contribution in [1.82, 2.24) is 9.80 Å². The summed E-state index contributed by atoms with van der Waals surface area (Å²) >= 11 is 0. The van der Waals surface area contributed by atoms with Gasteiger partial charge in [0.25, 0.3) is 5.92 Å². The molecule has 1 amide bonds. The summed E-state index contributed by atoms with van der Waals surface area (Å²) in [7, 11) is -1.92. The molecular weight excluding hydrogens is 488 g/mol. The zero-order valence-electron chi connectivity index (χ0n) is 20.2. The van der Waals surface area contributed by atoms with Crippen LogP contribution in [0.4, 0.5) is 20.2 Å². The maximum atomic E-state index is 13.6. The van der Waals surface area contributed by atoms with E-state index in [2.05, 4.69) is 11.0 Å². The molecule has 2 aromatic rings. The Bertz CT molecular complexity index is 1240. The number of piperazine rings is 1. The van der Waals surface area contributed by atoms with Gasteiger partial charge >= 0.3 is 0 Å². The highest BCUT2D eigenvalue weighted by atomic mass is 32.3. The number of rotatable bonds is 5. The predicted octanol–water partition coefficient (Wildman–Crippen LogP) is 4.38. The number of nitriles is 1. The van der Waals surface area contributed by atoms with Gasteiger partial charge in [-0.05, 0) is 51.9 Å². The number of hydrogen-bond acceptors (Lipinski definition) is 7. The molecule has 0 aromatic heterocycles. The van der Waals surface area contributed by atoms with Crippen LogP contribution in [0, 0.1) is 17.2 Å². The highest BCUT2D eigenvalue weighted by Gasteiger charge is 2.59. The molecule has 1 aliphatic carbocycles. The number of hydrogen-bond donors (Lipinski definition) is 2. The van der Waals surface area contributed by atoms with Crippen molar-refractivity contribution >= 4 is 28.2 Å². The molecule has 2 aromatic carbocycles. The van der Waals surface area contributed by atoms with Crippen molar-refractivity contribution in [3.63, 3.8) is 0 Å². The van der Waals surface area contributed by atoms with Gasteiger partial charge in [0, 0.05) is 65.6 Å². The first-order valence-corrected chi connectivity index (χ1v) is 13.3. The molecule has 36 heavy (non-hydrogen) atoms. The van der Waals surface area contributed by atoms with Crippen LogP contribution in [0.1, 0.15) is 24.5 Å². The lowest BCUT2D eigenvalue weighted by Crippen LogP contribution is -2.47. The third-order valence-electron chi connectivity index (χ3n) is 7.33. The van der Waals surface area contributed by atoms with Gasteiger partial charge in [-0.25, -0.2) is 8.78 Å². The van der Waals surface area contributed by atoms with E-state index in [0.29, 0.717) is 36.6 Å². The van der Waals surface area contributed by atoms with E-state index in [0.717, 1.165) is 29.8 Å². The van der Waals surface area contributed by atoms with Crippen LogP contribution >= 0.6 is 11.0 Å². The molecule has 11 heteroatoms. The molecule has 1 unspecified atom stereocenters. The number of alkyl halides is 2. The van der Waals surface area contributed by atoms with E-state index < -0.39 is 22.8 Å². The Hall–Kier alpha value is -2.91. The summed E-state index contributed by atoms with van der Waals surface area (Å²) in [5.41, 5.74) is 3.97. The Morgan fingerprint density at radius 3 is 2.44 bits per heavy atom. The summed E-state index contributed by atoms with van der Waals surface area (Å²) in [5, 5.41) is 9.74. The van der Waals surface area contributed by atoms with Crippen LogP contribution < -0.4 is 8.61 Å². The van der Waals surface area contributed by atoms with Crippen molar-refractivity contribution in [3.8, 4) is 17.2 Å². The second kappa shape index (κ2) is 8.88. The Labute approximate surface area is 210 Å². The van der Waals surface area contributed by atoms with E-state index in [1.165, 1.54) is 15.7 Å². The van der Waals surface area contributed by atoms with E-state index in [1.807, 2.05) is 17.0 Å². The maximum absolute atomic E-state index is 13.6. The number of benzene rings is 2. The lowest BCUT2D eigenvalue weighted by atomic mass is 9.96. The van der Waals surface area contributed by atoms with Crippen LogP contribution in [0.15, 0.2) is 36.4 Å². The molecule has 0 spiro atoms. The summed E-state index contributed by atoms with van der Waals surface area (Å²) in [6.45, 7) is 5.03. The molecule has 1 atom stereocenters. The first-order valence-electron chi connectivity index (χ1n) is 11.8. The Morgan fingerprint density at radius 1 is 1.14 bits per heavy atom. The van der Waals surface area contributed by atoms with Crippen molar-refractivity contribution in [3.05, 3.63) is 47.5 Å². The van der Waals surface area contributed by atoms with Gasteiger partial charge in [-0.15, -0.1) is 0 Å². The van der Waals surface area contributed by atoms with Crippen LogP contribution in [0.2, 0.25) is 0 Å². The van der Waals surface area contributed by atoms with Crippen molar-refractivity contribution in [2.45, 2.75) is 25.8 Å². The molecule has 2 N–H and O–H groups in total. The van der Waals surface area contributed by atoms with Gasteiger partial charge in [-0.1, -0.05) is 12.1 Å². The zero-order valence-corrected chi connectivity index (χ0v) is 21.0. The minimum Gasteiger partial charge on any atom is -0.340 e. The molecule has 8 nitrogen and oxygen atoms in total. The second-order valence-electron chi connectivity index (χ2n) is 9.69. The van der Waals surface area contributed by atoms with Gasteiger partial charge in [0.05, 0.1) is 23.0 Å². The first-order chi connectivity index (χ1) is 17.0. The van der Waals surface area contributed by atoms with Crippen LogP contribution in [-0.4, -0.2) is 70.5 Å². The monoisotopic (exact) mass is 517 g/mol. The number of halogens is 2. The molecule has 192 valence electrons. The van der Waals surface area contributed by atoms with E-state index in [9.17, 15) is 27.9 Å². The van der Waals surface area contributed by atoms with Gasteiger partial charge < -0.3 is 4.90 Å². The average Bonchev–Trinajstić information content (AvgIpc) is 3.41. The van der Waals surface area contributed by atoms with Gasteiger partial charge in [0.1, 0.15) is 0 Å². The Morgan fingerprint density at radius 2 is 1.83 bits per heavy atom. The van der Waals surface area contributed by atoms with Crippen molar-refractivity contribution in [2.75, 3.05) is 48.4 Å². The van der Waals surface area contributed by atoms with Crippen molar-refractivity contribution in [2.24, 2.45) is 5.92 Å². The summed E-state index contributed by atoms with van der Waals surface area (Å²) in [6.07, 6.45) is -0.252. The van der Waals surface area contributed by atoms with Crippen molar-refractivity contribution < 1.29 is 22.7 Å². The number of anilines is 2. The predicted molar refractivity (Wildman–Crippen MR) is 136 cm³/mol. The lowest BCUT2D eigenvalue weighted by Gasteiger charge is -2.42. The van der Waals surface area contributed by atoms with E-state index in [4.69, 9.17) is 0 Å². The molecular formula is C25H29F2N5O3S. The summed E-state index contributed by atoms with van der Waals surface area (Å²) in [5.74, 6) is -3.59. The minimum atomic E-state index is -3.45. The highest BCUT2D eigenvalue weighted by molar-refractivity contribution is 8.26. The number of nitrogens with zero attached hydrogens (tertiary/aromatic N) is 5. The second-order valence-corrected chi connectivity index (χ2v) is 11.7. The van der Waals surface area contributed by atoms with Crippen LogP contribution in [-0.2, 0) is 11.3 Å². The van der Waals surface area contributed by atoms with E-state index in [1.54, 1.807) is 31.2 Å². The Kier molecular flexibility index (Phi) is 6.11. The molecule has 2 fully saturated rings. The van der Waals surface area contributed by atoms with Crippen LogP contribution in [0.3, 0.4) is 0 Å². The fraction of sp³-hybridized carbons (Fsp3) is 0.440. The smallest absolute Gasteiger partial charge is 0.253 e. The third kappa shape index (κ3) is 4.39. The number of carbonyl (C=O) groups is 1. The summed E-state index contributed by atoms with van der Waals surface area (Å²) in [4.78, 5) is 15.7. The first kappa shape index (κ1) is 24.8. The number of carbonyl (C=O) groups excluding carboxylic acids is 1. The average molecular weight is 518 g/mol. The molecule has 1 saturated heterocycles. The quantitative estimate of drug-likeness (QED) is 0.608.